The topological polar surface area (TPSA) is 44.2 Å². The van der Waals surface area contributed by atoms with Crippen LogP contribution >= 0.6 is 0 Å². The van der Waals surface area contributed by atoms with Gasteiger partial charge in [0.15, 0.2) is 11.6 Å². The lowest BCUT2D eigenvalue weighted by molar-refractivity contribution is 0.212. The van der Waals surface area contributed by atoms with E-state index in [2.05, 4.69) is 37.7 Å². The highest BCUT2D eigenvalue weighted by Gasteiger charge is 2.17. The Morgan fingerprint density at radius 2 is 1.21 bits per heavy atom. The molecule has 0 amide bonds. The maximum Gasteiger partial charge on any atom is 0.159 e. The summed E-state index contributed by atoms with van der Waals surface area (Å²) in [6.07, 6.45) is 18.8. The van der Waals surface area contributed by atoms with Crippen LogP contribution in [0.4, 0.5) is 0 Å². The smallest absolute Gasteiger partial charge is 0.159 e. The van der Waals surface area contributed by atoms with Gasteiger partial charge < -0.3 is 9.47 Å². The third kappa shape index (κ3) is 11.5. The Labute approximate surface area is 202 Å². The molecule has 0 unspecified atom stereocenters. The average Bonchev–Trinajstić information content (AvgIpc) is 2.82. The summed E-state index contributed by atoms with van der Waals surface area (Å²) in [6.45, 7) is 10.7. The third-order valence-electron chi connectivity index (χ3n) is 6.26. The highest BCUT2D eigenvalue weighted by molar-refractivity contribution is 5.56. The molecule has 4 nitrogen and oxygen atoms in total. The number of ether oxygens (including phenoxy) is 2. The molecule has 1 heterocycles. The Bertz CT molecular complexity index is 741. The molecule has 0 atom stereocenters. The van der Waals surface area contributed by atoms with Crippen LogP contribution in [0.25, 0.3) is 11.4 Å². The van der Waals surface area contributed by atoms with Crippen LogP contribution in [-0.4, -0.2) is 23.2 Å². The first kappa shape index (κ1) is 27.1. The minimum absolute atomic E-state index is 0.313. The van der Waals surface area contributed by atoms with Gasteiger partial charge in [-0.2, -0.15) is 0 Å². The monoisotopic (exact) mass is 454 g/mol. The van der Waals surface area contributed by atoms with Gasteiger partial charge >= 0.3 is 0 Å². The molecule has 0 spiro atoms. The molecule has 0 saturated heterocycles. The van der Waals surface area contributed by atoms with E-state index >= 15 is 0 Å². The number of nitrogens with zero attached hydrogens (tertiary/aromatic N) is 2. The first-order valence-electron chi connectivity index (χ1n) is 13.2. The largest absolute Gasteiger partial charge is 0.494 e. The van der Waals surface area contributed by atoms with Crippen LogP contribution < -0.4 is 9.47 Å². The number of benzene rings is 1. The van der Waals surface area contributed by atoms with Crippen LogP contribution in [0.5, 0.6) is 11.5 Å². The molecule has 33 heavy (non-hydrogen) atoms. The van der Waals surface area contributed by atoms with E-state index in [9.17, 15) is 0 Å². The lowest BCUT2D eigenvalue weighted by Gasteiger charge is -2.24. The van der Waals surface area contributed by atoms with Crippen LogP contribution in [0.1, 0.15) is 105 Å². The van der Waals surface area contributed by atoms with E-state index in [1.165, 1.54) is 64.2 Å². The predicted molar refractivity (Wildman–Crippen MR) is 139 cm³/mol. The van der Waals surface area contributed by atoms with Crippen LogP contribution in [-0.2, 0) is 0 Å². The van der Waals surface area contributed by atoms with Crippen molar-refractivity contribution in [2.45, 2.75) is 105 Å². The minimum Gasteiger partial charge on any atom is -0.494 e. The molecular weight excluding hydrogens is 408 g/mol. The lowest BCUT2D eigenvalue weighted by Crippen LogP contribution is -2.16. The summed E-state index contributed by atoms with van der Waals surface area (Å²) < 4.78 is 11.8. The first-order valence-corrected chi connectivity index (χ1v) is 13.2. The summed E-state index contributed by atoms with van der Waals surface area (Å²) in [7, 11) is 0. The fourth-order valence-electron chi connectivity index (χ4n) is 3.91. The van der Waals surface area contributed by atoms with Crippen LogP contribution in [0.15, 0.2) is 36.7 Å². The van der Waals surface area contributed by atoms with Crippen molar-refractivity contribution in [3.05, 3.63) is 36.7 Å². The summed E-state index contributed by atoms with van der Waals surface area (Å²) in [5, 5.41) is 0. The van der Waals surface area contributed by atoms with Gasteiger partial charge in [0, 0.05) is 5.56 Å². The second-order valence-electron chi connectivity index (χ2n) is 9.96. The average molecular weight is 455 g/mol. The Morgan fingerprint density at radius 3 is 1.88 bits per heavy atom. The number of rotatable bonds is 18. The molecule has 184 valence electrons. The number of hydrogen-bond donors (Lipinski definition) is 0. The molecule has 4 heteroatoms. The molecule has 0 aliphatic rings. The Morgan fingerprint density at radius 1 is 0.636 bits per heavy atom. The van der Waals surface area contributed by atoms with Gasteiger partial charge in [0.25, 0.3) is 0 Å². The molecule has 2 aromatic rings. The lowest BCUT2D eigenvalue weighted by atomic mass is 9.84. The van der Waals surface area contributed by atoms with Gasteiger partial charge in [-0.15, -0.1) is 0 Å². The van der Waals surface area contributed by atoms with Crippen LogP contribution in [0, 0.1) is 5.41 Å². The zero-order valence-corrected chi connectivity index (χ0v) is 21.6. The SMILES string of the molecule is CCCCCCCCOc1ccc(-c2ncc(OCCC(C)(C)CCCCCC)cn2)cc1. The minimum atomic E-state index is 0.313. The van der Waals surface area contributed by atoms with Gasteiger partial charge in [-0.05, 0) is 48.9 Å². The molecule has 2 rings (SSSR count). The molecule has 0 saturated carbocycles. The Hall–Kier alpha value is -2.10. The summed E-state index contributed by atoms with van der Waals surface area (Å²) >= 11 is 0. The fraction of sp³-hybridized carbons (Fsp3) is 0.655. The van der Waals surface area contributed by atoms with E-state index in [1.807, 2.05) is 24.3 Å². The standard InChI is InChI=1S/C29H46N2O2/c1-5-7-9-11-12-14-21-32-26-17-15-25(16-18-26)28-30-23-27(24-31-28)33-22-20-29(3,4)19-13-10-8-6-2/h15-18,23-24H,5-14,19-22H2,1-4H3. The van der Waals surface area contributed by atoms with Crippen LogP contribution in [0.3, 0.4) is 0 Å². The van der Waals surface area contributed by atoms with Crippen molar-refractivity contribution in [1.82, 2.24) is 9.97 Å². The summed E-state index contributed by atoms with van der Waals surface area (Å²) in [5.74, 6) is 2.35. The first-order chi connectivity index (χ1) is 16.0. The van der Waals surface area contributed by atoms with E-state index in [1.54, 1.807) is 12.4 Å². The van der Waals surface area contributed by atoms with Crippen molar-refractivity contribution in [2.24, 2.45) is 5.41 Å². The van der Waals surface area contributed by atoms with E-state index in [4.69, 9.17) is 9.47 Å². The molecule has 0 fully saturated rings. The fourth-order valence-corrected chi connectivity index (χ4v) is 3.91. The number of aromatic nitrogens is 2. The molecule has 0 bridgehead atoms. The molecule has 1 aromatic carbocycles. The summed E-state index contributed by atoms with van der Waals surface area (Å²) in [4.78, 5) is 9.00. The Kier molecular flexibility index (Phi) is 12.9. The van der Waals surface area contributed by atoms with Crippen molar-refractivity contribution in [2.75, 3.05) is 13.2 Å². The molecule has 0 aliphatic carbocycles. The maximum atomic E-state index is 5.92. The van der Waals surface area contributed by atoms with Crippen molar-refractivity contribution < 1.29 is 9.47 Å². The van der Waals surface area contributed by atoms with Gasteiger partial charge in [0.1, 0.15) is 5.75 Å². The van der Waals surface area contributed by atoms with Crippen molar-refractivity contribution in [3.8, 4) is 22.9 Å². The van der Waals surface area contributed by atoms with Crippen molar-refractivity contribution >= 4 is 0 Å². The van der Waals surface area contributed by atoms with Crippen LogP contribution in [0.2, 0.25) is 0 Å². The van der Waals surface area contributed by atoms with Gasteiger partial charge in [-0.3, -0.25) is 0 Å². The molecule has 1 aromatic heterocycles. The van der Waals surface area contributed by atoms with Gasteiger partial charge in [-0.1, -0.05) is 85.5 Å². The zero-order valence-electron chi connectivity index (χ0n) is 21.6. The normalized spacial score (nSPS) is 11.5. The van der Waals surface area contributed by atoms with E-state index < -0.39 is 0 Å². The molecule has 0 aliphatic heterocycles. The summed E-state index contributed by atoms with van der Waals surface area (Å²) in [6, 6.07) is 8.05. The number of hydrogen-bond acceptors (Lipinski definition) is 4. The highest BCUT2D eigenvalue weighted by atomic mass is 16.5. The predicted octanol–water partition coefficient (Wildman–Crippen LogP) is 8.65. The van der Waals surface area contributed by atoms with E-state index in [0.717, 1.165) is 36.5 Å². The highest BCUT2D eigenvalue weighted by Crippen LogP contribution is 2.28. The quantitative estimate of drug-likeness (QED) is 0.211. The second kappa shape index (κ2) is 15.7. The number of unbranched alkanes of at least 4 members (excludes halogenated alkanes) is 8. The molecule has 0 radical (unpaired) electrons. The van der Waals surface area contributed by atoms with Crippen molar-refractivity contribution in [3.63, 3.8) is 0 Å². The zero-order chi connectivity index (χ0) is 23.8. The van der Waals surface area contributed by atoms with E-state index in [-0.39, 0.29) is 0 Å². The molecular formula is C29H46N2O2. The third-order valence-corrected chi connectivity index (χ3v) is 6.26. The maximum absolute atomic E-state index is 5.92. The van der Waals surface area contributed by atoms with E-state index in [0.29, 0.717) is 17.8 Å². The van der Waals surface area contributed by atoms with Gasteiger partial charge in [0.05, 0.1) is 25.6 Å². The summed E-state index contributed by atoms with van der Waals surface area (Å²) in [5.41, 5.74) is 1.30. The Balaban J connectivity index is 1.70. The van der Waals surface area contributed by atoms with Gasteiger partial charge in [-0.25, -0.2) is 9.97 Å². The second-order valence-corrected chi connectivity index (χ2v) is 9.96. The van der Waals surface area contributed by atoms with Gasteiger partial charge in [0.2, 0.25) is 0 Å². The van der Waals surface area contributed by atoms with Crippen molar-refractivity contribution in [1.29, 1.82) is 0 Å². The molecule has 0 N–H and O–H groups in total.